The molecular weight excluding hydrogens is 449 g/mol. The Bertz CT molecular complexity index is 565. The zero-order chi connectivity index (χ0) is 18.1. The number of aromatic nitrogens is 1. The lowest BCUT2D eigenvalue weighted by molar-refractivity contribution is 0.111. The van der Waals surface area contributed by atoms with Gasteiger partial charge < -0.3 is 25.4 Å². The summed E-state index contributed by atoms with van der Waals surface area (Å²) in [5, 5.41) is 16.8. The van der Waals surface area contributed by atoms with Crippen LogP contribution in [0, 0.1) is 0 Å². The van der Waals surface area contributed by atoms with Crippen LogP contribution in [0.2, 0.25) is 0 Å². The highest BCUT2D eigenvalue weighted by molar-refractivity contribution is 14.0. The van der Waals surface area contributed by atoms with E-state index >= 15 is 0 Å². The number of methoxy groups -OCH3 is 1. The summed E-state index contributed by atoms with van der Waals surface area (Å²) in [6.45, 7) is 4.31. The number of aliphatic hydroxyl groups is 1. The first kappa shape index (κ1) is 22.4. The number of carbonyl (C=O) groups excluding carboxylic acids is 1. The van der Waals surface area contributed by atoms with Crippen molar-refractivity contribution >= 4 is 36.0 Å². The molecule has 8 nitrogen and oxygen atoms in total. The molecule has 0 aromatic carbocycles. The van der Waals surface area contributed by atoms with Crippen LogP contribution in [0.5, 0.6) is 0 Å². The second-order valence-corrected chi connectivity index (χ2v) is 5.89. The van der Waals surface area contributed by atoms with Gasteiger partial charge in [-0.15, -0.1) is 24.0 Å². The lowest BCUT2D eigenvalue weighted by atomic mass is 10.1. The van der Waals surface area contributed by atoms with E-state index in [0.717, 1.165) is 24.9 Å². The van der Waals surface area contributed by atoms with Crippen molar-refractivity contribution in [2.24, 2.45) is 4.99 Å². The normalized spacial score (nSPS) is 16.4. The fourth-order valence-electron chi connectivity index (χ4n) is 2.72. The summed E-state index contributed by atoms with van der Waals surface area (Å²) in [5.41, 5.74) is 0.793. The van der Waals surface area contributed by atoms with Crippen molar-refractivity contribution in [1.29, 1.82) is 0 Å². The zero-order valence-electron chi connectivity index (χ0n) is 15.2. The summed E-state index contributed by atoms with van der Waals surface area (Å²) in [7, 11) is 1.40. The Labute approximate surface area is 171 Å². The highest BCUT2D eigenvalue weighted by Gasteiger charge is 2.23. The number of amides is 1. The molecule has 1 aliphatic rings. The molecule has 2 heterocycles. The van der Waals surface area contributed by atoms with Gasteiger partial charge in [0.15, 0.2) is 5.96 Å². The number of likely N-dealkylation sites (tertiary alicyclic amines) is 1. The minimum atomic E-state index is -0.667. The van der Waals surface area contributed by atoms with Crippen LogP contribution >= 0.6 is 24.0 Å². The van der Waals surface area contributed by atoms with Gasteiger partial charge in [-0.2, -0.15) is 0 Å². The number of nitrogens with zero attached hydrogens (tertiary/aromatic N) is 3. The second-order valence-electron chi connectivity index (χ2n) is 5.89. The van der Waals surface area contributed by atoms with Crippen molar-refractivity contribution in [3.8, 4) is 0 Å². The fourth-order valence-corrected chi connectivity index (χ4v) is 2.72. The van der Waals surface area contributed by atoms with Crippen LogP contribution in [0.4, 0.5) is 4.79 Å². The van der Waals surface area contributed by atoms with Crippen LogP contribution in [0.3, 0.4) is 0 Å². The lowest BCUT2D eigenvalue weighted by Crippen LogP contribution is -2.49. The summed E-state index contributed by atoms with van der Waals surface area (Å²) in [5.74, 6) is 0.673. The quantitative estimate of drug-likeness (QED) is 0.338. The molecule has 1 fully saturated rings. The molecule has 1 aromatic rings. The van der Waals surface area contributed by atoms with Crippen LogP contribution < -0.4 is 10.6 Å². The molecule has 146 valence electrons. The number of guanidine groups is 1. The van der Waals surface area contributed by atoms with E-state index in [0.29, 0.717) is 19.0 Å². The number of piperidine rings is 1. The third kappa shape index (κ3) is 6.94. The first-order chi connectivity index (χ1) is 12.1. The summed E-state index contributed by atoms with van der Waals surface area (Å²) in [6.07, 6.45) is 4.01. The molecule has 0 saturated carbocycles. The monoisotopic (exact) mass is 477 g/mol. The van der Waals surface area contributed by atoms with Crippen LogP contribution in [0.25, 0.3) is 0 Å². The predicted octanol–water partition coefficient (Wildman–Crippen LogP) is 1.52. The van der Waals surface area contributed by atoms with Gasteiger partial charge in [0.05, 0.1) is 19.8 Å². The maximum atomic E-state index is 11.5. The Morgan fingerprint density at radius 1 is 1.42 bits per heavy atom. The van der Waals surface area contributed by atoms with Crippen molar-refractivity contribution in [2.45, 2.75) is 31.9 Å². The Balaban J connectivity index is 0.00000338. The maximum absolute atomic E-state index is 11.5. The van der Waals surface area contributed by atoms with Gasteiger partial charge in [0.25, 0.3) is 0 Å². The van der Waals surface area contributed by atoms with E-state index < -0.39 is 6.10 Å². The Morgan fingerprint density at radius 2 is 2.08 bits per heavy atom. The molecular formula is C17H28IN5O3. The highest BCUT2D eigenvalue weighted by atomic mass is 127. The second kappa shape index (κ2) is 11.9. The number of rotatable bonds is 5. The third-order valence-corrected chi connectivity index (χ3v) is 4.13. The van der Waals surface area contributed by atoms with Crippen LogP contribution in [0.15, 0.2) is 29.5 Å². The number of carbonyl (C=O) groups is 1. The molecule has 0 radical (unpaired) electrons. The minimum Gasteiger partial charge on any atom is -0.453 e. The highest BCUT2D eigenvalue weighted by Crippen LogP contribution is 2.13. The topological polar surface area (TPSA) is 99.1 Å². The SMILES string of the molecule is CCNC(=NCC(O)c1ccncc1)NC1CCN(C(=O)OC)CC1.I. The molecule has 3 N–H and O–H groups in total. The third-order valence-electron chi connectivity index (χ3n) is 4.13. The zero-order valence-corrected chi connectivity index (χ0v) is 17.6. The van der Waals surface area contributed by atoms with E-state index in [1.54, 1.807) is 29.4 Å². The minimum absolute atomic E-state index is 0. The molecule has 0 bridgehead atoms. The van der Waals surface area contributed by atoms with E-state index in [1.165, 1.54) is 7.11 Å². The van der Waals surface area contributed by atoms with Gasteiger partial charge in [0, 0.05) is 38.1 Å². The molecule has 0 aliphatic carbocycles. The summed E-state index contributed by atoms with van der Waals surface area (Å²) in [4.78, 5) is 21.6. The number of hydrogen-bond donors (Lipinski definition) is 3. The standard InChI is InChI=1S/C17H27N5O3.HI/c1-3-19-16(20-12-15(23)13-4-8-18-9-5-13)21-14-6-10-22(11-7-14)17(24)25-2;/h4-5,8-9,14-15,23H,3,6-7,10-12H2,1-2H3,(H2,19,20,21);1H. The van der Waals surface area contributed by atoms with Gasteiger partial charge in [-0.3, -0.25) is 9.98 Å². The first-order valence-electron chi connectivity index (χ1n) is 8.59. The average molecular weight is 477 g/mol. The Hall–Kier alpha value is -1.62. The number of aliphatic hydroxyl groups excluding tert-OH is 1. The summed E-state index contributed by atoms with van der Waals surface area (Å²) >= 11 is 0. The fraction of sp³-hybridized carbons (Fsp3) is 0.588. The summed E-state index contributed by atoms with van der Waals surface area (Å²) in [6, 6.07) is 3.79. The van der Waals surface area contributed by atoms with Gasteiger partial charge in [-0.05, 0) is 37.5 Å². The van der Waals surface area contributed by atoms with Crippen molar-refractivity contribution in [1.82, 2.24) is 20.5 Å². The van der Waals surface area contributed by atoms with Gasteiger partial charge in [0.1, 0.15) is 0 Å². The molecule has 26 heavy (non-hydrogen) atoms. The smallest absolute Gasteiger partial charge is 0.409 e. The molecule has 1 unspecified atom stereocenters. The summed E-state index contributed by atoms with van der Waals surface area (Å²) < 4.78 is 4.75. The van der Waals surface area contributed by atoms with Crippen molar-refractivity contribution in [3.05, 3.63) is 30.1 Å². The van der Waals surface area contributed by atoms with Crippen molar-refractivity contribution < 1.29 is 14.6 Å². The van der Waals surface area contributed by atoms with Crippen molar-refractivity contribution in [2.75, 3.05) is 33.3 Å². The number of ether oxygens (including phenoxy) is 1. The molecule has 1 atom stereocenters. The maximum Gasteiger partial charge on any atom is 0.409 e. The molecule has 1 saturated heterocycles. The van der Waals surface area contributed by atoms with E-state index in [2.05, 4.69) is 20.6 Å². The first-order valence-corrected chi connectivity index (χ1v) is 8.59. The number of aliphatic imine (C=N–C) groups is 1. The Morgan fingerprint density at radius 3 is 2.65 bits per heavy atom. The van der Waals surface area contributed by atoms with E-state index in [4.69, 9.17) is 4.74 Å². The van der Waals surface area contributed by atoms with Crippen molar-refractivity contribution in [3.63, 3.8) is 0 Å². The predicted molar refractivity (Wildman–Crippen MR) is 111 cm³/mol. The largest absolute Gasteiger partial charge is 0.453 e. The molecule has 9 heteroatoms. The molecule has 1 aromatic heterocycles. The Kier molecular flexibility index (Phi) is 10.3. The van der Waals surface area contributed by atoms with Crippen LogP contribution in [0.1, 0.15) is 31.4 Å². The van der Waals surface area contributed by atoms with Crippen LogP contribution in [-0.2, 0) is 4.74 Å². The number of hydrogen-bond acceptors (Lipinski definition) is 5. The number of nitrogens with one attached hydrogen (secondary N) is 2. The van der Waals surface area contributed by atoms with E-state index in [9.17, 15) is 9.90 Å². The molecule has 1 amide bonds. The lowest BCUT2D eigenvalue weighted by Gasteiger charge is -2.32. The van der Waals surface area contributed by atoms with Gasteiger partial charge in [-0.25, -0.2) is 4.79 Å². The van der Waals surface area contributed by atoms with E-state index in [-0.39, 0.29) is 42.7 Å². The number of pyridine rings is 1. The average Bonchev–Trinajstić information content (AvgIpc) is 2.66. The van der Waals surface area contributed by atoms with Gasteiger partial charge >= 0.3 is 6.09 Å². The van der Waals surface area contributed by atoms with Gasteiger partial charge in [0.2, 0.25) is 0 Å². The number of halogens is 1. The molecule has 0 spiro atoms. The van der Waals surface area contributed by atoms with Crippen LogP contribution in [-0.4, -0.2) is 66.4 Å². The van der Waals surface area contributed by atoms with Gasteiger partial charge in [-0.1, -0.05) is 0 Å². The van der Waals surface area contributed by atoms with E-state index in [1.807, 2.05) is 6.92 Å². The molecule has 1 aliphatic heterocycles. The molecule has 2 rings (SSSR count).